The summed E-state index contributed by atoms with van der Waals surface area (Å²) in [6.45, 7) is 1.10. The fourth-order valence-corrected chi connectivity index (χ4v) is 2.66. The van der Waals surface area contributed by atoms with Crippen LogP contribution in [-0.4, -0.2) is 29.5 Å². The topological polar surface area (TPSA) is 114 Å². The van der Waals surface area contributed by atoms with Crippen LogP contribution in [0.4, 0.5) is 5.69 Å². The maximum atomic E-state index is 12.1. The predicted molar refractivity (Wildman–Crippen MR) is 102 cm³/mol. The number of carbonyl (C=O) groups is 2. The first-order valence-corrected chi connectivity index (χ1v) is 8.35. The average molecular weight is 409 g/mol. The number of benzene rings is 2. The van der Waals surface area contributed by atoms with Crippen molar-refractivity contribution in [1.82, 2.24) is 10.7 Å². The largest absolute Gasteiger partial charge is 0.343 e. The highest BCUT2D eigenvalue weighted by molar-refractivity contribution is 6.38. The fraction of sp³-hybridized carbons (Fsp3) is 0.118. The molecule has 0 unspecified atom stereocenters. The van der Waals surface area contributed by atoms with E-state index >= 15 is 0 Å². The fourth-order valence-electron chi connectivity index (χ4n) is 2.17. The van der Waals surface area contributed by atoms with Crippen LogP contribution < -0.4 is 10.7 Å². The molecule has 8 nitrogen and oxygen atoms in total. The third kappa shape index (κ3) is 5.25. The summed E-state index contributed by atoms with van der Waals surface area (Å²) in [7, 11) is 0. The summed E-state index contributed by atoms with van der Waals surface area (Å²) >= 11 is 11.9. The van der Waals surface area contributed by atoms with Gasteiger partial charge < -0.3 is 5.32 Å². The van der Waals surface area contributed by atoms with Gasteiger partial charge in [-0.3, -0.25) is 19.7 Å². The zero-order valence-electron chi connectivity index (χ0n) is 14.0. The van der Waals surface area contributed by atoms with E-state index in [1.54, 1.807) is 18.2 Å². The zero-order valence-corrected chi connectivity index (χ0v) is 15.5. The van der Waals surface area contributed by atoms with Crippen molar-refractivity contribution < 1.29 is 14.5 Å². The first-order chi connectivity index (χ1) is 12.8. The van der Waals surface area contributed by atoms with Gasteiger partial charge >= 0.3 is 0 Å². The van der Waals surface area contributed by atoms with Crippen molar-refractivity contribution in [3.63, 3.8) is 0 Å². The van der Waals surface area contributed by atoms with E-state index in [1.165, 1.54) is 31.3 Å². The van der Waals surface area contributed by atoms with Crippen LogP contribution >= 0.6 is 23.2 Å². The third-order valence-corrected chi connectivity index (χ3v) is 4.20. The van der Waals surface area contributed by atoms with Gasteiger partial charge in [0.25, 0.3) is 17.5 Å². The number of hydrazone groups is 1. The maximum absolute atomic E-state index is 12.1. The normalized spacial score (nSPS) is 10.6. The Labute approximate surface area is 164 Å². The lowest BCUT2D eigenvalue weighted by molar-refractivity contribution is -0.385. The van der Waals surface area contributed by atoms with Crippen LogP contribution in [0.1, 0.15) is 21.5 Å². The van der Waals surface area contributed by atoms with E-state index in [0.717, 1.165) is 0 Å². The second-order valence-electron chi connectivity index (χ2n) is 5.32. The molecule has 0 aliphatic rings. The second kappa shape index (κ2) is 9.11. The number of nitro groups is 1. The standard InChI is InChI=1S/C17H14Cl2N4O4/c1-10-11(4-2-7-15(10)23(26)27)17(25)20-9-16(24)22-21-8-12-13(18)5-3-6-14(12)19/h2-8H,9H2,1H3,(H,20,25)(H,22,24)/b21-8-. The molecule has 0 radical (unpaired) electrons. The molecule has 0 fully saturated rings. The van der Waals surface area contributed by atoms with Gasteiger partial charge in [-0.2, -0.15) is 5.10 Å². The molecule has 2 aromatic rings. The van der Waals surface area contributed by atoms with Crippen molar-refractivity contribution in [2.45, 2.75) is 6.92 Å². The molecular weight excluding hydrogens is 395 g/mol. The Kier molecular flexibility index (Phi) is 6.86. The molecule has 140 valence electrons. The van der Waals surface area contributed by atoms with Gasteiger partial charge in [0.15, 0.2) is 0 Å². The van der Waals surface area contributed by atoms with E-state index < -0.39 is 16.7 Å². The molecular formula is C17H14Cl2N4O4. The Morgan fingerprint density at radius 1 is 1.19 bits per heavy atom. The highest BCUT2D eigenvalue weighted by Crippen LogP contribution is 2.22. The molecule has 0 atom stereocenters. The van der Waals surface area contributed by atoms with Crippen LogP contribution in [0.5, 0.6) is 0 Å². The van der Waals surface area contributed by atoms with E-state index in [0.29, 0.717) is 15.6 Å². The van der Waals surface area contributed by atoms with Crippen LogP contribution in [0.15, 0.2) is 41.5 Å². The number of nitro benzene ring substituents is 1. The molecule has 0 aromatic heterocycles. The molecule has 0 aliphatic heterocycles. The number of hydrogen-bond donors (Lipinski definition) is 2. The summed E-state index contributed by atoms with van der Waals surface area (Å²) in [5, 5.41) is 17.8. The van der Waals surface area contributed by atoms with Gasteiger partial charge in [0.2, 0.25) is 0 Å². The summed E-state index contributed by atoms with van der Waals surface area (Å²) in [4.78, 5) is 34.3. The Hall–Kier alpha value is -2.97. The van der Waals surface area contributed by atoms with Crippen LogP contribution in [0.3, 0.4) is 0 Å². The SMILES string of the molecule is Cc1c(C(=O)NCC(=O)N/N=C\c2c(Cl)cccc2Cl)cccc1[N+](=O)[O-]. The van der Waals surface area contributed by atoms with Crippen molar-refractivity contribution >= 4 is 46.9 Å². The van der Waals surface area contributed by atoms with Gasteiger partial charge in [-0.25, -0.2) is 5.43 Å². The maximum Gasteiger partial charge on any atom is 0.273 e. The molecule has 27 heavy (non-hydrogen) atoms. The molecule has 10 heteroatoms. The number of hydrogen-bond acceptors (Lipinski definition) is 5. The number of amides is 2. The smallest absolute Gasteiger partial charge is 0.273 e. The van der Waals surface area contributed by atoms with Crippen molar-refractivity contribution in [2.24, 2.45) is 5.10 Å². The van der Waals surface area contributed by atoms with E-state index in [1.807, 2.05) is 0 Å². The molecule has 0 saturated heterocycles. The number of nitrogens with zero attached hydrogens (tertiary/aromatic N) is 2. The van der Waals surface area contributed by atoms with Crippen molar-refractivity contribution in [1.29, 1.82) is 0 Å². The van der Waals surface area contributed by atoms with Crippen LogP contribution in [0, 0.1) is 17.0 Å². The molecule has 0 saturated carbocycles. The minimum absolute atomic E-state index is 0.114. The molecule has 2 aromatic carbocycles. The number of rotatable bonds is 6. The van der Waals surface area contributed by atoms with Crippen LogP contribution in [-0.2, 0) is 4.79 Å². The van der Waals surface area contributed by atoms with E-state index in [9.17, 15) is 19.7 Å². The van der Waals surface area contributed by atoms with E-state index in [-0.39, 0.29) is 23.4 Å². The lowest BCUT2D eigenvalue weighted by Crippen LogP contribution is -2.35. The molecule has 0 bridgehead atoms. The summed E-state index contributed by atoms with van der Waals surface area (Å²) in [6.07, 6.45) is 1.29. The predicted octanol–water partition coefficient (Wildman–Crippen LogP) is 3.09. The van der Waals surface area contributed by atoms with E-state index in [2.05, 4.69) is 15.8 Å². The van der Waals surface area contributed by atoms with Crippen molar-refractivity contribution in [3.05, 3.63) is 73.2 Å². The highest BCUT2D eigenvalue weighted by atomic mass is 35.5. The van der Waals surface area contributed by atoms with Gasteiger partial charge in [-0.1, -0.05) is 35.3 Å². The first kappa shape index (κ1) is 20.3. The Morgan fingerprint density at radius 2 is 1.81 bits per heavy atom. The quantitative estimate of drug-likeness (QED) is 0.434. The molecule has 2 rings (SSSR count). The number of halogens is 2. The van der Waals surface area contributed by atoms with E-state index in [4.69, 9.17) is 23.2 Å². The monoisotopic (exact) mass is 408 g/mol. The third-order valence-electron chi connectivity index (χ3n) is 3.54. The van der Waals surface area contributed by atoms with Gasteiger partial charge in [0.1, 0.15) is 0 Å². The number of carbonyl (C=O) groups excluding carboxylic acids is 2. The Bertz CT molecular complexity index is 911. The first-order valence-electron chi connectivity index (χ1n) is 7.59. The minimum Gasteiger partial charge on any atom is -0.343 e. The summed E-state index contributed by atoms with van der Waals surface area (Å²) in [5.74, 6) is -1.20. The second-order valence-corrected chi connectivity index (χ2v) is 6.13. The van der Waals surface area contributed by atoms with Gasteiger partial charge in [0, 0.05) is 22.8 Å². The summed E-state index contributed by atoms with van der Waals surface area (Å²) in [6, 6.07) is 9.06. The Morgan fingerprint density at radius 3 is 2.44 bits per heavy atom. The molecule has 2 amide bonds. The summed E-state index contributed by atoms with van der Waals surface area (Å²) in [5.41, 5.74) is 2.82. The minimum atomic E-state index is -0.607. The lowest BCUT2D eigenvalue weighted by atomic mass is 10.1. The lowest BCUT2D eigenvalue weighted by Gasteiger charge is -2.07. The zero-order chi connectivity index (χ0) is 20.0. The Balaban J connectivity index is 1.94. The van der Waals surface area contributed by atoms with Crippen molar-refractivity contribution in [2.75, 3.05) is 6.54 Å². The van der Waals surface area contributed by atoms with Crippen molar-refractivity contribution in [3.8, 4) is 0 Å². The highest BCUT2D eigenvalue weighted by Gasteiger charge is 2.18. The average Bonchev–Trinajstić information content (AvgIpc) is 2.62. The van der Waals surface area contributed by atoms with Gasteiger partial charge in [-0.05, 0) is 25.1 Å². The van der Waals surface area contributed by atoms with Crippen LogP contribution in [0.2, 0.25) is 10.0 Å². The molecule has 0 heterocycles. The summed E-state index contributed by atoms with van der Waals surface area (Å²) < 4.78 is 0. The van der Waals surface area contributed by atoms with Gasteiger partial charge in [-0.15, -0.1) is 0 Å². The number of nitrogens with one attached hydrogen (secondary N) is 2. The molecule has 0 spiro atoms. The van der Waals surface area contributed by atoms with Crippen LogP contribution in [0.25, 0.3) is 0 Å². The molecule has 2 N–H and O–H groups in total. The molecule has 0 aliphatic carbocycles. The van der Waals surface area contributed by atoms with Gasteiger partial charge in [0.05, 0.1) is 27.7 Å².